The van der Waals surface area contributed by atoms with E-state index in [1.807, 2.05) is 66.8 Å². The van der Waals surface area contributed by atoms with Gasteiger partial charge in [-0.2, -0.15) is 0 Å². The summed E-state index contributed by atoms with van der Waals surface area (Å²) >= 11 is 0. The molecule has 0 bridgehead atoms. The zero-order valence-corrected chi connectivity index (χ0v) is 12.2. The highest BCUT2D eigenvalue weighted by atomic mass is 16.1. The first kappa shape index (κ1) is 14.2. The fourth-order valence-corrected chi connectivity index (χ4v) is 2.60. The van der Waals surface area contributed by atoms with Crippen LogP contribution in [0.25, 0.3) is 0 Å². The number of carbonyl (C=O) groups excluding carboxylic acids is 1. The first-order valence-corrected chi connectivity index (χ1v) is 7.35. The Bertz CT molecular complexity index is 729. The van der Waals surface area contributed by atoms with Crippen molar-refractivity contribution < 1.29 is 4.79 Å². The van der Waals surface area contributed by atoms with E-state index in [1.165, 1.54) is 0 Å². The second-order valence-electron chi connectivity index (χ2n) is 5.31. The summed E-state index contributed by atoms with van der Waals surface area (Å²) in [7, 11) is 0. The standard InChI is InChI=1S/C20H17NO/c22-18(17-9-3-1-4-10-17)12-15-20(13-6-2-7-14-20)19-11-5-8-16-21-19/h1-13,15-16H,14H2. The molecular formula is C20H17NO. The summed E-state index contributed by atoms with van der Waals surface area (Å²) in [6.45, 7) is 0. The first-order valence-electron chi connectivity index (χ1n) is 7.35. The average Bonchev–Trinajstić information content (AvgIpc) is 2.62. The molecule has 0 fully saturated rings. The maximum Gasteiger partial charge on any atom is 0.185 e. The number of ketones is 1. The Balaban J connectivity index is 1.92. The Labute approximate surface area is 130 Å². The van der Waals surface area contributed by atoms with Crippen molar-refractivity contribution in [1.82, 2.24) is 4.98 Å². The predicted molar refractivity (Wildman–Crippen MR) is 88.7 cm³/mol. The summed E-state index contributed by atoms with van der Waals surface area (Å²) in [5.41, 5.74) is 1.30. The monoisotopic (exact) mass is 287 g/mol. The lowest BCUT2D eigenvalue weighted by molar-refractivity contribution is 0.104. The van der Waals surface area contributed by atoms with Crippen LogP contribution in [0.1, 0.15) is 22.5 Å². The molecule has 1 aromatic heterocycles. The van der Waals surface area contributed by atoms with E-state index < -0.39 is 0 Å². The molecule has 0 spiro atoms. The van der Waals surface area contributed by atoms with E-state index in [9.17, 15) is 4.79 Å². The van der Waals surface area contributed by atoms with Gasteiger partial charge in [0.2, 0.25) is 0 Å². The summed E-state index contributed by atoms with van der Waals surface area (Å²) in [6, 6.07) is 15.2. The highest BCUT2D eigenvalue weighted by Crippen LogP contribution is 2.33. The van der Waals surface area contributed by atoms with Crippen molar-refractivity contribution in [3.63, 3.8) is 0 Å². The van der Waals surface area contributed by atoms with Gasteiger partial charge in [0.05, 0.1) is 11.1 Å². The van der Waals surface area contributed by atoms with E-state index in [0.717, 1.165) is 12.1 Å². The van der Waals surface area contributed by atoms with Crippen molar-refractivity contribution >= 4 is 5.78 Å². The van der Waals surface area contributed by atoms with Crippen molar-refractivity contribution in [2.75, 3.05) is 0 Å². The van der Waals surface area contributed by atoms with Gasteiger partial charge >= 0.3 is 0 Å². The maximum absolute atomic E-state index is 12.3. The minimum atomic E-state index is -0.347. The summed E-state index contributed by atoms with van der Waals surface area (Å²) in [5, 5.41) is 0. The highest BCUT2D eigenvalue weighted by molar-refractivity contribution is 6.04. The number of rotatable bonds is 4. The summed E-state index contributed by atoms with van der Waals surface area (Å²) in [4.78, 5) is 16.8. The molecule has 0 aliphatic heterocycles. The number of hydrogen-bond donors (Lipinski definition) is 0. The van der Waals surface area contributed by atoms with Crippen molar-refractivity contribution in [2.45, 2.75) is 11.8 Å². The number of allylic oxidation sites excluding steroid dienone is 6. The Hall–Kier alpha value is -2.74. The fraction of sp³-hybridized carbons (Fsp3) is 0.100. The molecule has 0 amide bonds. The van der Waals surface area contributed by atoms with E-state index in [0.29, 0.717) is 5.56 Å². The number of benzene rings is 1. The molecule has 2 aromatic rings. The van der Waals surface area contributed by atoms with Crippen molar-refractivity contribution in [3.8, 4) is 0 Å². The van der Waals surface area contributed by atoms with Crippen LogP contribution < -0.4 is 0 Å². The SMILES string of the molecule is O=C(C=CC1(c2ccccn2)C=CC=CC1)c1ccccc1. The molecule has 22 heavy (non-hydrogen) atoms. The smallest absolute Gasteiger partial charge is 0.185 e. The van der Waals surface area contributed by atoms with E-state index in [1.54, 1.807) is 12.3 Å². The lowest BCUT2D eigenvalue weighted by atomic mass is 9.77. The van der Waals surface area contributed by atoms with Gasteiger partial charge in [0.15, 0.2) is 5.78 Å². The largest absolute Gasteiger partial charge is 0.289 e. The molecule has 1 unspecified atom stereocenters. The van der Waals surface area contributed by atoms with Gasteiger partial charge in [-0.1, -0.05) is 66.8 Å². The van der Waals surface area contributed by atoms with Crippen LogP contribution in [-0.4, -0.2) is 10.8 Å². The van der Waals surface area contributed by atoms with Gasteiger partial charge in [-0.25, -0.2) is 0 Å². The Morgan fingerprint density at radius 2 is 1.86 bits per heavy atom. The summed E-state index contributed by atoms with van der Waals surface area (Å²) in [5.74, 6) is 0.0128. The van der Waals surface area contributed by atoms with Crippen molar-refractivity contribution in [3.05, 3.63) is 102 Å². The Morgan fingerprint density at radius 1 is 1.05 bits per heavy atom. The van der Waals surface area contributed by atoms with E-state index in [4.69, 9.17) is 0 Å². The van der Waals surface area contributed by atoms with Crippen LogP contribution in [0.5, 0.6) is 0 Å². The third-order valence-corrected chi connectivity index (χ3v) is 3.83. The second kappa shape index (κ2) is 6.35. The number of aromatic nitrogens is 1. The molecule has 1 aliphatic carbocycles. The quantitative estimate of drug-likeness (QED) is 0.620. The van der Waals surface area contributed by atoms with E-state index in [2.05, 4.69) is 17.1 Å². The molecule has 1 heterocycles. The summed E-state index contributed by atoms with van der Waals surface area (Å²) in [6.07, 6.45) is 14.5. The molecular weight excluding hydrogens is 270 g/mol. The van der Waals surface area contributed by atoms with Gasteiger partial charge in [-0.05, 0) is 24.6 Å². The molecule has 1 atom stereocenters. The number of pyridine rings is 1. The van der Waals surface area contributed by atoms with Crippen molar-refractivity contribution in [2.24, 2.45) is 0 Å². The molecule has 1 aromatic carbocycles. The molecule has 0 N–H and O–H groups in total. The molecule has 0 saturated carbocycles. The molecule has 2 nitrogen and oxygen atoms in total. The second-order valence-corrected chi connectivity index (χ2v) is 5.31. The number of hydrogen-bond acceptors (Lipinski definition) is 2. The molecule has 108 valence electrons. The third-order valence-electron chi connectivity index (χ3n) is 3.83. The predicted octanol–water partition coefficient (Wildman–Crippen LogP) is 4.27. The Kier molecular flexibility index (Phi) is 4.10. The number of carbonyl (C=O) groups is 1. The van der Waals surface area contributed by atoms with Crippen molar-refractivity contribution in [1.29, 1.82) is 0 Å². The summed E-state index contributed by atoms with van der Waals surface area (Å²) < 4.78 is 0. The lowest BCUT2D eigenvalue weighted by Crippen LogP contribution is -2.23. The average molecular weight is 287 g/mol. The Morgan fingerprint density at radius 3 is 2.55 bits per heavy atom. The normalized spacial score (nSPS) is 20.4. The van der Waals surface area contributed by atoms with Crippen LogP contribution >= 0.6 is 0 Å². The molecule has 3 rings (SSSR count). The molecule has 0 saturated heterocycles. The van der Waals surface area contributed by atoms with Crippen LogP contribution in [0.2, 0.25) is 0 Å². The van der Waals surface area contributed by atoms with Crippen LogP contribution in [0.4, 0.5) is 0 Å². The first-order chi connectivity index (χ1) is 10.8. The van der Waals surface area contributed by atoms with Gasteiger partial charge in [0.25, 0.3) is 0 Å². The van der Waals surface area contributed by atoms with Crippen LogP contribution in [0, 0.1) is 0 Å². The van der Waals surface area contributed by atoms with Gasteiger partial charge < -0.3 is 0 Å². The molecule has 0 radical (unpaired) electrons. The van der Waals surface area contributed by atoms with Gasteiger partial charge in [0.1, 0.15) is 0 Å². The zero-order chi connectivity index (χ0) is 15.3. The minimum Gasteiger partial charge on any atom is -0.289 e. The third kappa shape index (κ3) is 2.96. The molecule has 2 heteroatoms. The van der Waals surface area contributed by atoms with E-state index in [-0.39, 0.29) is 11.2 Å². The minimum absolute atomic E-state index is 0.0128. The maximum atomic E-state index is 12.3. The van der Waals surface area contributed by atoms with Crippen LogP contribution in [0.3, 0.4) is 0 Å². The van der Waals surface area contributed by atoms with Crippen LogP contribution in [-0.2, 0) is 5.41 Å². The van der Waals surface area contributed by atoms with Gasteiger partial charge in [0, 0.05) is 11.8 Å². The fourth-order valence-electron chi connectivity index (χ4n) is 2.60. The molecule has 1 aliphatic rings. The van der Waals surface area contributed by atoms with Gasteiger partial charge in [-0.3, -0.25) is 9.78 Å². The van der Waals surface area contributed by atoms with Crippen LogP contribution in [0.15, 0.2) is 91.2 Å². The van der Waals surface area contributed by atoms with Gasteiger partial charge in [-0.15, -0.1) is 0 Å². The lowest BCUT2D eigenvalue weighted by Gasteiger charge is -2.27. The zero-order valence-electron chi connectivity index (χ0n) is 12.2. The number of nitrogens with zero attached hydrogens (tertiary/aromatic N) is 1. The van der Waals surface area contributed by atoms with E-state index >= 15 is 0 Å². The topological polar surface area (TPSA) is 30.0 Å². The highest BCUT2D eigenvalue weighted by Gasteiger charge is 2.27.